The van der Waals surface area contributed by atoms with E-state index in [0.29, 0.717) is 0 Å². The van der Waals surface area contributed by atoms with Crippen molar-refractivity contribution in [2.75, 3.05) is 0 Å². The van der Waals surface area contributed by atoms with E-state index in [0.717, 1.165) is 38.8 Å². The minimum Gasteiger partial charge on any atom is -0.399 e. The number of benzene rings is 5. The normalized spacial score (nSPS) is 16.4. The largest absolute Gasteiger partial charge is 0.494 e. The molecule has 39 heavy (non-hydrogen) atoms. The van der Waals surface area contributed by atoms with Gasteiger partial charge in [0.1, 0.15) is 0 Å². The van der Waals surface area contributed by atoms with Crippen molar-refractivity contribution in [3.05, 3.63) is 109 Å². The molecule has 1 aliphatic rings. The molecule has 2 heterocycles. The SMILES string of the molecule is CC1(C)OB(c2cc(-c3ccccc3)cc(-c3nc4ccccc4c4c3ccc3ccccc34)c2)OC1(C)C. The molecule has 0 bridgehead atoms. The highest BCUT2D eigenvalue weighted by atomic mass is 16.7. The summed E-state index contributed by atoms with van der Waals surface area (Å²) >= 11 is 0. The monoisotopic (exact) mass is 507 g/mol. The molecule has 0 unspecified atom stereocenters. The summed E-state index contributed by atoms with van der Waals surface area (Å²) in [5.74, 6) is 0. The minimum absolute atomic E-state index is 0.423. The molecular weight excluding hydrogens is 477 g/mol. The zero-order valence-corrected chi connectivity index (χ0v) is 22.7. The summed E-state index contributed by atoms with van der Waals surface area (Å²) in [5.41, 5.74) is 5.40. The van der Waals surface area contributed by atoms with Crippen LogP contribution in [-0.4, -0.2) is 23.3 Å². The van der Waals surface area contributed by atoms with Gasteiger partial charge in [0.15, 0.2) is 0 Å². The van der Waals surface area contributed by atoms with E-state index in [-0.39, 0.29) is 0 Å². The molecule has 0 N–H and O–H groups in total. The van der Waals surface area contributed by atoms with Gasteiger partial charge in [-0.25, -0.2) is 4.98 Å². The molecule has 7 rings (SSSR count). The van der Waals surface area contributed by atoms with E-state index < -0.39 is 18.3 Å². The second-order valence-corrected chi connectivity index (χ2v) is 11.5. The summed E-state index contributed by atoms with van der Waals surface area (Å²) in [6.45, 7) is 8.38. The first-order valence-electron chi connectivity index (χ1n) is 13.6. The fourth-order valence-corrected chi connectivity index (χ4v) is 5.64. The summed E-state index contributed by atoms with van der Waals surface area (Å²) in [4.78, 5) is 5.26. The fourth-order valence-electron chi connectivity index (χ4n) is 5.64. The Morgan fingerprint density at radius 3 is 1.97 bits per heavy atom. The van der Waals surface area contributed by atoms with Gasteiger partial charge in [-0.05, 0) is 67.2 Å². The predicted molar refractivity (Wildman–Crippen MR) is 163 cm³/mol. The maximum absolute atomic E-state index is 6.50. The van der Waals surface area contributed by atoms with Crippen LogP contribution in [0.2, 0.25) is 0 Å². The van der Waals surface area contributed by atoms with E-state index in [1.54, 1.807) is 0 Å². The second-order valence-electron chi connectivity index (χ2n) is 11.5. The first-order chi connectivity index (χ1) is 18.8. The van der Waals surface area contributed by atoms with Crippen LogP contribution in [0.1, 0.15) is 27.7 Å². The van der Waals surface area contributed by atoms with Crippen LogP contribution in [0, 0.1) is 0 Å². The third kappa shape index (κ3) is 3.94. The fraction of sp³-hybridized carbons (Fsp3) is 0.171. The highest BCUT2D eigenvalue weighted by Crippen LogP contribution is 2.39. The molecule has 0 atom stereocenters. The standard InChI is InChI=1S/C35H30BNO2/c1-34(2)35(3,4)39-36(38-34)27-21-25(23-12-6-5-7-13-23)20-26(22-27)33-30-19-18-24-14-8-9-15-28(24)32(30)29-16-10-11-17-31(29)37-33/h5-22H,1-4H3. The number of aromatic nitrogens is 1. The molecule has 3 nitrogen and oxygen atoms in total. The van der Waals surface area contributed by atoms with E-state index in [2.05, 4.69) is 131 Å². The quantitative estimate of drug-likeness (QED) is 0.179. The van der Waals surface area contributed by atoms with Gasteiger partial charge in [0, 0.05) is 21.7 Å². The topological polar surface area (TPSA) is 31.4 Å². The van der Waals surface area contributed by atoms with Gasteiger partial charge in [-0.3, -0.25) is 0 Å². The number of para-hydroxylation sites is 1. The third-order valence-electron chi connectivity index (χ3n) is 8.45. The van der Waals surface area contributed by atoms with E-state index in [1.165, 1.54) is 21.5 Å². The Morgan fingerprint density at radius 1 is 0.564 bits per heavy atom. The molecule has 1 fully saturated rings. The molecule has 0 aliphatic carbocycles. The molecule has 5 aromatic carbocycles. The molecule has 1 aliphatic heterocycles. The Kier molecular flexibility index (Phi) is 5.42. The Balaban J connectivity index is 1.52. The van der Waals surface area contributed by atoms with Crippen molar-refractivity contribution in [1.29, 1.82) is 0 Å². The maximum Gasteiger partial charge on any atom is 0.494 e. The molecule has 0 saturated carbocycles. The van der Waals surface area contributed by atoms with Gasteiger partial charge in [-0.2, -0.15) is 0 Å². The molecule has 4 heteroatoms. The lowest BCUT2D eigenvalue weighted by Crippen LogP contribution is -2.41. The molecule has 190 valence electrons. The van der Waals surface area contributed by atoms with Crippen LogP contribution in [0.4, 0.5) is 0 Å². The zero-order chi connectivity index (χ0) is 26.8. The van der Waals surface area contributed by atoms with Crippen molar-refractivity contribution in [1.82, 2.24) is 4.98 Å². The number of pyridine rings is 1. The molecule has 0 spiro atoms. The molecule has 1 saturated heterocycles. The average molecular weight is 507 g/mol. The van der Waals surface area contributed by atoms with Gasteiger partial charge in [0.25, 0.3) is 0 Å². The molecule has 6 aromatic rings. The predicted octanol–water partition coefficient (Wildman–Crippen LogP) is 8.17. The minimum atomic E-state index is -0.468. The van der Waals surface area contributed by atoms with Crippen molar-refractivity contribution in [3.8, 4) is 22.4 Å². The molecule has 0 amide bonds. The van der Waals surface area contributed by atoms with Crippen LogP contribution < -0.4 is 5.46 Å². The Morgan fingerprint density at radius 2 is 1.21 bits per heavy atom. The number of fused-ring (bicyclic) bond motifs is 5. The van der Waals surface area contributed by atoms with Crippen molar-refractivity contribution in [2.45, 2.75) is 38.9 Å². The lowest BCUT2D eigenvalue weighted by molar-refractivity contribution is 0.00578. The van der Waals surface area contributed by atoms with Gasteiger partial charge in [-0.1, -0.05) is 97.1 Å². The van der Waals surface area contributed by atoms with E-state index in [9.17, 15) is 0 Å². The summed E-state index contributed by atoms with van der Waals surface area (Å²) < 4.78 is 13.0. The van der Waals surface area contributed by atoms with E-state index >= 15 is 0 Å². The average Bonchev–Trinajstić information content (AvgIpc) is 3.18. The number of hydrogen-bond donors (Lipinski definition) is 0. The van der Waals surface area contributed by atoms with Gasteiger partial charge in [-0.15, -0.1) is 0 Å². The van der Waals surface area contributed by atoms with Crippen molar-refractivity contribution in [3.63, 3.8) is 0 Å². The zero-order valence-electron chi connectivity index (χ0n) is 22.7. The summed E-state index contributed by atoms with van der Waals surface area (Å²) in [6.07, 6.45) is 0. The number of rotatable bonds is 3. The summed E-state index contributed by atoms with van der Waals surface area (Å²) in [6, 6.07) is 38.6. The van der Waals surface area contributed by atoms with Gasteiger partial charge in [0.05, 0.1) is 22.4 Å². The van der Waals surface area contributed by atoms with Crippen LogP contribution in [0.25, 0.3) is 54.8 Å². The Bertz CT molecular complexity index is 1850. The van der Waals surface area contributed by atoms with Crippen LogP contribution in [0.15, 0.2) is 109 Å². The summed E-state index contributed by atoms with van der Waals surface area (Å²) in [7, 11) is -0.468. The number of hydrogen-bond acceptors (Lipinski definition) is 3. The van der Waals surface area contributed by atoms with E-state index in [1.807, 2.05) is 6.07 Å². The van der Waals surface area contributed by atoms with Crippen LogP contribution in [0.3, 0.4) is 0 Å². The van der Waals surface area contributed by atoms with Crippen molar-refractivity contribution < 1.29 is 9.31 Å². The van der Waals surface area contributed by atoms with Crippen LogP contribution in [-0.2, 0) is 9.31 Å². The Labute approximate surface area is 229 Å². The maximum atomic E-state index is 6.50. The lowest BCUT2D eigenvalue weighted by atomic mass is 9.76. The van der Waals surface area contributed by atoms with Gasteiger partial charge >= 0.3 is 7.12 Å². The highest BCUT2D eigenvalue weighted by molar-refractivity contribution is 6.62. The smallest absolute Gasteiger partial charge is 0.399 e. The lowest BCUT2D eigenvalue weighted by Gasteiger charge is -2.32. The highest BCUT2D eigenvalue weighted by Gasteiger charge is 2.51. The summed E-state index contributed by atoms with van der Waals surface area (Å²) in [5, 5.41) is 6.00. The Hall–Kier alpha value is -3.99. The van der Waals surface area contributed by atoms with Crippen LogP contribution in [0.5, 0.6) is 0 Å². The number of nitrogens with zero attached hydrogens (tertiary/aromatic N) is 1. The van der Waals surface area contributed by atoms with Crippen LogP contribution >= 0.6 is 0 Å². The third-order valence-corrected chi connectivity index (χ3v) is 8.45. The first kappa shape index (κ1) is 24.1. The second kappa shape index (κ2) is 8.77. The van der Waals surface area contributed by atoms with E-state index in [4.69, 9.17) is 14.3 Å². The molecule has 1 aromatic heterocycles. The van der Waals surface area contributed by atoms with Gasteiger partial charge < -0.3 is 9.31 Å². The first-order valence-corrected chi connectivity index (χ1v) is 13.6. The van der Waals surface area contributed by atoms with Crippen molar-refractivity contribution >= 4 is 45.0 Å². The molecule has 0 radical (unpaired) electrons. The van der Waals surface area contributed by atoms with Gasteiger partial charge in [0.2, 0.25) is 0 Å². The van der Waals surface area contributed by atoms with Crippen molar-refractivity contribution in [2.24, 2.45) is 0 Å². The molecular formula is C35H30BNO2.